The lowest BCUT2D eigenvalue weighted by Gasteiger charge is -2.03. The SMILES string of the molecule is CCCNC(=O)CCc1ccc([N+](=O)[O-])cc1. The van der Waals surface area contributed by atoms with Gasteiger partial charge in [0, 0.05) is 25.1 Å². The van der Waals surface area contributed by atoms with Gasteiger partial charge in [-0.3, -0.25) is 14.9 Å². The number of hydrogen-bond donors (Lipinski definition) is 1. The number of nitrogens with one attached hydrogen (secondary N) is 1. The van der Waals surface area contributed by atoms with Crippen molar-refractivity contribution in [2.24, 2.45) is 0 Å². The van der Waals surface area contributed by atoms with E-state index in [1.165, 1.54) is 12.1 Å². The Morgan fingerprint density at radius 2 is 2.00 bits per heavy atom. The summed E-state index contributed by atoms with van der Waals surface area (Å²) in [6.45, 7) is 2.69. The highest BCUT2D eigenvalue weighted by Crippen LogP contribution is 2.12. The molecular weight excluding hydrogens is 220 g/mol. The zero-order valence-electron chi connectivity index (χ0n) is 9.81. The van der Waals surface area contributed by atoms with Gasteiger partial charge in [-0.1, -0.05) is 19.1 Å². The molecule has 0 atom stereocenters. The minimum absolute atomic E-state index is 0.0187. The molecule has 1 aromatic rings. The highest BCUT2D eigenvalue weighted by atomic mass is 16.6. The fourth-order valence-corrected chi connectivity index (χ4v) is 1.40. The number of carbonyl (C=O) groups is 1. The van der Waals surface area contributed by atoms with Gasteiger partial charge in [0.05, 0.1) is 4.92 Å². The van der Waals surface area contributed by atoms with Crippen LogP contribution in [0.3, 0.4) is 0 Å². The van der Waals surface area contributed by atoms with Crippen LogP contribution in [-0.2, 0) is 11.2 Å². The second-order valence-corrected chi connectivity index (χ2v) is 3.77. The Bertz CT molecular complexity index is 387. The van der Waals surface area contributed by atoms with Crippen molar-refractivity contribution in [1.29, 1.82) is 0 Å². The summed E-state index contributed by atoms with van der Waals surface area (Å²) in [4.78, 5) is 21.3. The van der Waals surface area contributed by atoms with Crippen molar-refractivity contribution in [2.45, 2.75) is 26.2 Å². The Morgan fingerprint density at radius 1 is 1.35 bits per heavy atom. The Labute approximate surface area is 100.0 Å². The Balaban J connectivity index is 2.42. The van der Waals surface area contributed by atoms with Crippen LogP contribution in [0.2, 0.25) is 0 Å². The molecule has 0 aromatic heterocycles. The Hall–Kier alpha value is -1.91. The largest absolute Gasteiger partial charge is 0.356 e. The van der Waals surface area contributed by atoms with Gasteiger partial charge in [0.25, 0.3) is 5.69 Å². The van der Waals surface area contributed by atoms with E-state index < -0.39 is 4.92 Å². The lowest BCUT2D eigenvalue weighted by Crippen LogP contribution is -2.24. The summed E-state index contributed by atoms with van der Waals surface area (Å²) in [6, 6.07) is 6.29. The molecule has 0 aliphatic rings. The first-order valence-electron chi connectivity index (χ1n) is 5.63. The van der Waals surface area contributed by atoms with E-state index in [2.05, 4.69) is 5.32 Å². The summed E-state index contributed by atoms with van der Waals surface area (Å²) >= 11 is 0. The quantitative estimate of drug-likeness (QED) is 0.607. The first-order valence-corrected chi connectivity index (χ1v) is 5.63. The topological polar surface area (TPSA) is 72.2 Å². The number of nitro benzene ring substituents is 1. The first-order chi connectivity index (χ1) is 8.13. The standard InChI is InChI=1S/C12H16N2O3/c1-2-9-13-12(15)8-5-10-3-6-11(7-4-10)14(16)17/h3-4,6-7H,2,5,8-9H2,1H3,(H,13,15). The van der Waals surface area contributed by atoms with Crippen molar-refractivity contribution in [1.82, 2.24) is 5.32 Å². The van der Waals surface area contributed by atoms with Crippen LogP contribution in [0, 0.1) is 10.1 Å². The molecule has 1 amide bonds. The van der Waals surface area contributed by atoms with Crippen LogP contribution in [0.5, 0.6) is 0 Å². The number of rotatable bonds is 6. The van der Waals surface area contributed by atoms with Gasteiger partial charge in [-0.25, -0.2) is 0 Å². The molecule has 17 heavy (non-hydrogen) atoms. The number of amides is 1. The molecule has 0 aliphatic carbocycles. The van der Waals surface area contributed by atoms with Gasteiger partial charge in [0.15, 0.2) is 0 Å². The number of nitrogens with zero attached hydrogens (tertiary/aromatic N) is 1. The summed E-state index contributed by atoms with van der Waals surface area (Å²) in [6.07, 6.45) is 1.94. The van der Waals surface area contributed by atoms with Crippen molar-refractivity contribution < 1.29 is 9.72 Å². The van der Waals surface area contributed by atoms with E-state index in [0.29, 0.717) is 19.4 Å². The molecular formula is C12H16N2O3. The molecule has 0 bridgehead atoms. The van der Waals surface area contributed by atoms with Gasteiger partial charge < -0.3 is 5.32 Å². The molecule has 0 radical (unpaired) electrons. The Morgan fingerprint density at radius 3 is 2.53 bits per heavy atom. The number of benzene rings is 1. The van der Waals surface area contributed by atoms with Crippen LogP contribution < -0.4 is 5.32 Å². The van der Waals surface area contributed by atoms with E-state index in [-0.39, 0.29) is 11.6 Å². The number of carbonyl (C=O) groups excluding carboxylic acids is 1. The van der Waals surface area contributed by atoms with Crippen molar-refractivity contribution in [3.8, 4) is 0 Å². The van der Waals surface area contributed by atoms with Crippen molar-refractivity contribution in [2.75, 3.05) is 6.54 Å². The van der Waals surface area contributed by atoms with Gasteiger partial charge in [-0.05, 0) is 18.4 Å². The van der Waals surface area contributed by atoms with E-state index in [0.717, 1.165) is 12.0 Å². The highest BCUT2D eigenvalue weighted by molar-refractivity contribution is 5.76. The normalized spacial score (nSPS) is 9.94. The molecule has 5 heteroatoms. The molecule has 5 nitrogen and oxygen atoms in total. The zero-order chi connectivity index (χ0) is 12.7. The van der Waals surface area contributed by atoms with Gasteiger partial charge in [-0.15, -0.1) is 0 Å². The highest BCUT2D eigenvalue weighted by Gasteiger charge is 2.05. The number of aryl methyl sites for hydroxylation is 1. The lowest BCUT2D eigenvalue weighted by molar-refractivity contribution is -0.384. The zero-order valence-corrected chi connectivity index (χ0v) is 9.81. The summed E-state index contributed by atoms with van der Waals surface area (Å²) in [5.41, 5.74) is 1.01. The van der Waals surface area contributed by atoms with Gasteiger partial charge >= 0.3 is 0 Å². The molecule has 1 rings (SSSR count). The maximum Gasteiger partial charge on any atom is 0.269 e. The molecule has 0 fully saturated rings. The molecule has 92 valence electrons. The number of nitro groups is 1. The molecule has 1 aromatic carbocycles. The molecule has 0 saturated carbocycles. The third kappa shape index (κ3) is 4.63. The van der Waals surface area contributed by atoms with E-state index in [9.17, 15) is 14.9 Å². The predicted molar refractivity (Wildman–Crippen MR) is 64.7 cm³/mol. The fraction of sp³-hybridized carbons (Fsp3) is 0.417. The maximum atomic E-state index is 11.3. The van der Waals surface area contributed by atoms with Crippen LogP contribution in [-0.4, -0.2) is 17.4 Å². The third-order valence-corrected chi connectivity index (χ3v) is 2.36. The second-order valence-electron chi connectivity index (χ2n) is 3.77. The summed E-state index contributed by atoms with van der Waals surface area (Å²) in [5.74, 6) is 0.0187. The van der Waals surface area contributed by atoms with Gasteiger partial charge in [-0.2, -0.15) is 0 Å². The summed E-state index contributed by atoms with van der Waals surface area (Å²) < 4.78 is 0. The number of hydrogen-bond acceptors (Lipinski definition) is 3. The summed E-state index contributed by atoms with van der Waals surface area (Å²) in [7, 11) is 0. The predicted octanol–water partition coefficient (Wildman–Crippen LogP) is 2.05. The van der Waals surface area contributed by atoms with Crippen molar-refractivity contribution in [3.63, 3.8) is 0 Å². The van der Waals surface area contributed by atoms with E-state index >= 15 is 0 Å². The van der Waals surface area contributed by atoms with Crippen LogP contribution in [0.25, 0.3) is 0 Å². The molecule has 1 N–H and O–H groups in total. The van der Waals surface area contributed by atoms with Crippen LogP contribution >= 0.6 is 0 Å². The average Bonchev–Trinajstić information content (AvgIpc) is 2.34. The van der Waals surface area contributed by atoms with E-state index in [1.54, 1.807) is 12.1 Å². The Kier molecular flexibility index (Phi) is 5.13. The summed E-state index contributed by atoms with van der Waals surface area (Å²) in [5, 5.41) is 13.2. The average molecular weight is 236 g/mol. The second kappa shape index (κ2) is 6.62. The molecule has 0 heterocycles. The van der Waals surface area contributed by atoms with Crippen molar-refractivity contribution in [3.05, 3.63) is 39.9 Å². The fourth-order valence-electron chi connectivity index (χ4n) is 1.40. The monoisotopic (exact) mass is 236 g/mol. The maximum absolute atomic E-state index is 11.3. The molecule has 0 aliphatic heterocycles. The van der Waals surface area contributed by atoms with Crippen LogP contribution in [0.15, 0.2) is 24.3 Å². The van der Waals surface area contributed by atoms with Gasteiger partial charge in [0.2, 0.25) is 5.91 Å². The van der Waals surface area contributed by atoms with Crippen molar-refractivity contribution >= 4 is 11.6 Å². The smallest absolute Gasteiger partial charge is 0.269 e. The minimum Gasteiger partial charge on any atom is -0.356 e. The van der Waals surface area contributed by atoms with E-state index in [1.807, 2.05) is 6.92 Å². The number of non-ortho nitro benzene ring substituents is 1. The van der Waals surface area contributed by atoms with Gasteiger partial charge in [0.1, 0.15) is 0 Å². The first kappa shape index (κ1) is 13.2. The van der Waals surface area contributed by atoms with Crippen LogP contribution in [0.1, 0.15) is 25.3 Å². The molecule has 0 saturated heterocycles. The lowest BCUT2D eigenvalue weighted by atomic mass is 10.1. The molecule has 0 spiro atoms. The van der Waals surface area contributed by atoms with Crippen LogP contribution in [0.4, 0.5) is 5.69 Å². The third-order valence-electron chi connectivity index (χ3n) is 2.36. The minimum atomic E-state index is -0.433. The van der Waals surface area contributed by atoms with E-state index in [4.69, 9.17) is 0 Å². The molecule has 0 unspecified atom stereocenters.